The van der Waals surface area contributed by atoms with Crippen molar-refractivity contribution in [1.82, 2.24) is 0 Å². The number of carboxylic acids is 1. The third kappa shape index (κ3) is 2.44. The molecule has 1 aliphatic rings. The van der Waals surface area contributed by atoms with E-state index in [0.29, 0.717) is 13.0 Å². The fourth-order valence-corrected chi connectivity index (χ4v) is 2.28. The van der Waals surface area contributed by atoms with Gasteiger partial charge in [0.2, 0.25) is 0 Å². The average Bonchev–Trinajstić information content (AvgIpc) is 2.30. The molecular formula is C12H13BrO3. The zero-order valence-corrected chi connectivity index (χ0v) is 10.3. The van der Waals surface area contributed by atoms with E-state index in [1.807, 2.05) is 24.3 Å². The number of benzene rings is 1. The van der Waals surface area contributed by atoms with Crippen LogP contribution < -0.4 is 0 Å². The van der Waals surface area contributed by atoms with Crippen molar-refractivity contribution in [3.05, 3.63) is 34.3 Å². The van der Waals surface area contributed by atoms with Gasteiger partial charge >= 0.3 is 5.97 Å². The van der Waals surface area contributed by atoms with E-state index in [9.17, 15) is 4.79 Å². The second-order valence-electron chi connectivity index (χ2n) is 3.93. The van der Waals surface area contributed by atoms with Gasteiger partial charge in [-0.05, 0) is 30.5 Å². The van der Waals surface area contributed by atoms with E-state index >= 15 is 0 Å². The molecule has 4 heteroatoms. The van der Waals surface area contributed by atoms with Crippen molar-refractivity contribution in [2.75, 3.05) is 6.61 Å². The first-order valence-corrected chi connectivity index (χ1v) is 6.07. The van der Waals surface area contributed by atoms with Crippen LogP contribution in [0.3, 0.4) is 0 Å². The Morgan fingerprint density at radius 1 is 1.38 bits per heavy atom. The average molecular weight is 285 g/mol. The quantitative estimate of drug-likeness (QED) is 0.908. The van der Waals surface area contributed by atoms with Crippen LogP contribution in [0.4, 0.5) is 0 Å². The molecule has 0 spiro atoms. The Bertz CT molecular complexity index is 374. The summed E-state index contributed by atoms with van der Waals surface area (Å²) in [5, 5.41) is 9.14. The molecule has 3 nitrogen and oxygen atoms in total. The summed E-state index contributed by atoms with van der Waals surface area (Å²) in [6, 6.07) is 7.64. The lowest BCUT2D eigenvalue weighted by Crippen LogP contribution is -2.28. The molecule has 1 aromatic rings. The molecule has 0 aliphatic carbocycles. The topological polar surface area (TPSA) is 46.5 Å². The molecule has 0 unspecified atom stereocenters. The Labute approximate surface area is 103 Å². The minimum atomic E-state index is -0.771. The molecule has 0 amide bonds. The van der Waals surface area contributed by atoms with E-state index in [4.69, 9.17) is 9.84 Å². The highest BCUT2D eigenvalue weighted by molar-refractivity contribution is 9.10. The van der Waals surface area contributed by atoms with Crippen LogP contribution in [0, 0.1) is 5.92 Å². The van der Waals surface area contributed by atoms with E-state index in [0.717, 1.165) is 16.5 Å². The van der Waals surface area contributed by atoms with Gasteiger partial charge in [0, 0.05) is 11.1 Å². The summed E-state index contributed by atoms with van der Waals surface area (Å²) in [5.41, 5.74) is 0.940. The highest BCUT2D eigenvalue weighted by Crippen LogP contribution is 2.34. The highest BCUT2D eigenvalue weighted by atomic mass is 79.9. The zero-order valence-electron chi connectivity index (χ0n) is 8.73. The van der Waals surface area contributed by atoms with Gasteiger partial charge in [-0.15, -0.1) is 0 Å². The molecule has 1 saturated heterocycles. The monoisotopic (exact) mass is 284 g/mol. The first-order chi connectivity index (χ1) is 7.68. The lowest BCUT2D eigenvalue weighted by molar-refractivity contribution is -0.151. The molecule has 0 radical (unpaired) electrons. The van der Waals surface area contributed by atoms with Crippen molar-refractivity contribution < 1.29 is 14.6 Å². The number of rotatable bonds is 2. The highest BCUT2D eigenvalue weighted by Gasteiger charge is 2.32. The fraction of sp³-hybridized carbons (Fsp3) is 0.417. The molecule has 1 N–H and O–H groups in total. The molecule has 1 fully saturated rings. The summed E-state index contributed by atoms with van der Waals surface area (Å²) in [5.74, 6) is -1.19. The van der Waals surface area contributed by atoms with Crippen LogP contribution in [0.2, 0.25) is 0 Å². The number of carboxylic acid groups (broad SMARTS) is 1. The number of hydrogen-bond donors (Lipinski definition) is 1. The summed E-state index contributed by atoms with van der Waals surface area (Å²) < 4.78 is 6.57. The van der Waals surface area contributed by atoms with Gasteiger partial charge in [-0.2, -0.15) is 0 Å². The standard InChI is InChI=1S/C12H13BrO3/c13-9-5-3-8(4-6-9)11-10(12(14)15)2-1-7-16-11/h3-6,10-11H,1-2,7H2,(H,14,15)/t10-,11+/m1/s1. The Morgan fingerprint density at radius 3 is 2.69 bits per heavy atom. The van der Waals surface area contributed by atoms with Crippen molar-refractivity contribution in [2.45, 2.75) is 18.9 Å². The minimum absolute atomic E-state index is 0.306. The van der Waals surface area contributed by atoms with Crippen molar-refractivity contribution in [1.29, 1.82) is 0 Å². The zero-order chi connectivity index (χ0) is 11.5. The lowest BCUT2D eigenvalue weighted by Gasteiger charge is -2.29. The molecular weight excluding hydrogens is 272 g/mol. The first-order valence-electron chi connectivity index (χ1n) is 5.28. The van der Waals surface area contributed by atoms with Crippen LogP contribution in [-0.2, 0) is 9.53 Å². The molecule has 86 valence electrons. The van der Waals surface area contributed by atoms with Crippen LogP contribution in [0.5, 0.6) is 0 Å². The van der Waals surface area contributed by atoms with Crippen molar-refractivity contribution in [3.8, 4) is 0 Å². The van der Waals surface area contributed by atoms with Gasteiger partial charge in [0.15, 0.2) is 0 Å². The molecule has 2 rings (SSSR count). The van der Waals surface area contributed by atoms with E-state index < -0.39 is 11.9 Å². The third-order valence-electron chi connectivity index (χ3n) is 2.84. The first kappa shape index (κ1) is 11.6. The predicted molar refractivity (Wildman–Crippen MR) is 63.2 cm³/mol. The molecule has 16 heavy (non-hydrogen) atoms. The van der Waals surface area contributed by atoms with E-state index in [2.05, 4.69) is 15.9 Å². The normalized spacial score (nSPS) is 25.3. The van der Waals surface area contributed by atoms with Crippen molar-refractivity contribution >= 4 is 21.9 Å². The third-order valence-corrected chi connectivity index (χ3v) is 3.37. The van der Waals surface area contributed by atoms with E-state index in [-0.39, 0.29) is 6.10 Å². The molecule has 0 aromatic heterocycles. The Balaban J connectivity index is 2.23. The number of hydrogen-bond acceptors (Lipinski definition) is 2. The Hall–Kier alpha value is -0.870. The largest absolute Gasteiger partial charge is 0.481 e. The van der Waals surface area contributed by atoms with Gasteiger partial charge in [0.05, 0.1) is 12.0 Å². The lowest BCUT2D eigenvalue weighted by atomic mass is 9.90. The summed E-state index contributed by atoms with van der Waals surface area (Å²) in [6.07, 6.45) is 1.21. The number of aliphatic carboxylic acids is 1. The van der Waals surface area contributed by atoms with Gasteiger partial charge in [-0.3, -0.25) is 4.79 Å². The van der Waals surface area contributed by atoms with Crippen LogP contribution in [-0.4, -0.2) is 17.7 Å². The minimum Gasteiger partial charge on any atom is -0.481 e. The summed E-state index contributed by atoms with van der Waals surface area (Å²) in [4.78, 5) is 11.1. The second kappa shape index (κ2) is 4.97. The molecule has 1 aromatic carbocycles. The maximum Gasteiger partial charge on any atom is 0.309 e. The van der Waals surface area contributed by atoms with Crippen LogP contribution in [0.15, 0.2) is 28.7 Å². The van der Waals surface area contributed by atoms with Gasteiger partial charge in [0.1, 0.15) is 0 Å². The van der Waals surface area contributed by atoms with Gasteiger partial charge in [0.25, 0.3) is 0 Å². The van der Waals surface area contributed by atoms with E-state index in [1.54, 1.807) is 0 Å². The SMILES string of the molecule is O=C(O)[C@@H]1CCCO[C@H]1c1ccc(Br)cc1. The number of ether oxygens (including phenoxy) is 1. The molecule has 1 aliphatic heterocycles. The van der Waals surface area contributed by atoms with Gasteiger partial charge in [-0.1, -0.05) is 28.1 Å². The van der Waals surface area contributed by atoms with Gasteiger partial charge in [-0.25, -0.2) is 0 Å². The molecule has 0 saturated carbocycles. The Morgan fingerprint density at radius 2 is 2.06 bits per heavy atom. The number of halogens is 1. The Kier molecular flexibility index (Phi) is 3.61. The van der Waals surface area contributed by atoms with Crippen LogP contribution in [0.1, 0.15) is 24.5 Å². The fourth-order valence-electron chi connectivity index (χ4n) is 2.02. The summed E-state index contributed by atoms with van der Waals surface area (Å²) in [6.45, 7) is 0.643. The predicted octanol–water partition coefficient (Wildman–Crippen LogP) is 3.00. The maximum absolute atomic E-state index is 11.1. The molecule has 1 heterocycles. The summed E-state index contributed by atoms with van der Waals surface area (Å²) in [7, 11) is 0. The summed E-state index contributed by atoms with van der Waals surface area (Å²) >= 11 is 3.36. The van der Waals surface area contributed by atoms with Crippen molar-refractivity contribution in [2.24, 2.45) is 5.92 Å². The second-order valence-corrected chi connectivity index (χ2v) is 4.85. The van der Waals surface area contributed by atoms with E-state index in [1.165, 1.54) is 0 Å². The maximum atomic E-state index is 11.1. The molecule has 2 atom stereocenters. The van der Waals surface area contributed by atoms with Crippen LogP contribution in [0.25, 0.3) is 0 Å². The van der Waals surface area contributed by atoms with Gasteiger partial charge < -0.3 is 9.84 Å². The molecule has 0 bridgehead atoms. The smallest absolute Gasteiger partial charge is 0.309 e. The van der Waals surface area contributed by atoms with Crippen LogP contribution >= 0.6 is 15.9 Å². The van der Waals surface area contributed by atoms with Crippen molar-refractivity contribution in [3.63, 3.8) is 0 Å². The number of carbonyl (C=O) groups is 1.